The summed E-state index contributed by atoms with van der Waals surface area (Å²) >= 11 is 0. The van der Waals surface area contributed by atoms with Crippen LogP contribution in [0, 0.1) is 5.41 Å². The Morgan fingerprint density at radius 3 is 1.45 bits per heavy atom. The minimum Gasteiger partial charge on any atom is -0.386 e. The molecule has 0 spiro atoms. The van der Waals surface area contributed by atoms with Crippen molar-refractivity contribution < 1.29 is 5.11 Å². The number of allylic oxidation sites excluding steroid dienone is 1. The van der Waals surface area contributed by atoms with Crippen LogP contribution in [0.2, 0.25) is 0 Å². The van der Waals surface area contributed by atoms with Crippen molar-refractivity contribution in [3.8, 4) is 0 Å². The Morgan fingerprint density at radius 1 is 1.09 bits per heavy atom. The highest BCUT2D eigenvalue weighted by Gasteiger charge is 2.28. The van der Waals surface area contributed by atoms with E-state index in [-0.39, 0.29) is 5.41 Å². The molecule has 1 nitrogen and oxygen atoms in total. The van der Waals surface area contributed by atoms with Crippen molar-refractivity contribution in [1.82, 2.24) is 0 Å². The van der Waals surface area contributed by atoms with Crippen LogP contribution in [-0.4, -0.2) is 10.7 Å². The maximum Gasteiger partial charge on any atom is 0.0805 e. The first-order valence-corrected chi connectivity index (χ1v) is 4.09. The molecular formula is C10H20O. The van der Waals surface area contributed by atoms with Crippen LogP contribution >= 0.6 is 0 Å². The molecule has 0 atom stereocenters. The Labute approximate surface area is 70.1 Å². The lowest BCUT2D eigenvalue weighted by Gasteiger charge is -2.32. The van der Waals surface area contributed by atoms with Crippen LogP contribution in [0.4, 0.5) is 0 Å². The molecule has 1 N–H and O–H groups in total. The van der Waals surface area contributed by atoms with Crippen molar-refractivity contribution in [2.24, 2.45) is 5.41 Å². The number of aliphatic hydroxyl groups is 1. The molecule has 0 aliphatic rings. The molecule has 0 aromatic rings. The molecule has 11 heavy (non-hydrogen) atoms. The van der Waals surface area contributed by atoms with E-state index in [0.29, 0.717) is 0 Å². The first-order chi connectivity index (χ1) is 4.69. The molecule has 0 aliphatic carbocycles. The van der Waals surface area contributed by atoms with Gasteiger partial charge in [0.05, 0.1) is 5.60 Å². The van der Waals surface area contributed by atoms with Gasteiger partial charge in [0.2, 0.25) is 0 Å². The predicted octanol–water partition coefficient (Wildman–Crippen LogP) is 2.75. The number of hydrogen-bond acceptors (Lipinski definition) is 1. The Morgan fingerprint density at radius 2 is 1.45 bits per heavy atom. The van der Waals surface area contributed by atoms with Crippen LogP contribution in [-0.2, 0) is 0 Å². The van der Waals surface area contributed by atoms with Gasteiger partial charge in [-0.2, -0.15) is 0 Å². The molecular weight excluding hydrogens is 136 g/mol. The van der Waals surface area contributed by atoms with Crippen molar-refractivity contribution in [1.29, 1.82) is 0 Å². The molecule has 0 bridgehead atoms. The highest BCUT2D eigenvalue weighted by Crippen LogP contribution is 2.33. The van der Waals surface area contributed by atoms with Crippen LogP contribution in [0.5, 0.6) is 0 Å². The van der Waals surface area contributed by atoms with Crippen molar-refractivity contribution >= 4 is 0 Å². The average Bonchev–Trinajstić information content (AvgIpc) is 1.56. The summed E-state index contributed by atoms with van der Waals surface area (Å²) in [5, 5.41) is 9.74. The average molecular weight is 156 g/mol. The third-order valence-electron chi connectivity index (χ3n) is 1.76. The summed E-state index contributed by atoms with van der Waals surface area (Å²) in [7, 11) is 0. The zero-order chi connectivity index (χ0) is 9.28. The van der Waals surface area contributed by atoms with Crippen molar-refractivity contribution in [3.05, 3.63) is 11.6 Å². The normalized spacial score (nSPS) is 15.4. The van der Waals surface area contributed by atoms with Crippen molar-refractivity contribution in [3.63, 3.8) is 0 Å². The van der Waals surface area contributed by atoms with Gasteiger partial charge in [0.15, 0.2) is 0 Å². The van der Waals surface area contributed by atoms with E-state index in [9.17, 15) is 5.11 Å². The van der Waals surface area contributed by atoms with Gasteiger partial charge in [0.25, 0.3) is 0 Å². The van der Waals surface area contributed by atoms with E-state index in [0.717, 1.165) is 5.57 Å². The molecule has 0 unspecified atom stereocenters. The molecule has 0 aliphatic heterocycles. The molecule has 0 rings (SSSR count). The van der Waals surface area contributed by atoms with Gasteiger partial charge in [0.1, 0.15) is 0 Å². The van der Waals surface area contributed by atoms with Gasteiger partial charge < -0.3 is 5.11 Å². The molecule has 0 saturated carbocycles. The Kier molecular flexibility index (Phi) is 2.90. The van der Waals surface area contributed by atoms with E-state index in [1.807, 2.05) is 26.8 Å². The van der Waals surface area contributed by atoms with E-state index in [4.69, 9.17) is 0 Å². The lowest BCUT2D eigenvalue weighted by Crippen LogP contribution is -2.30. The second kappa shape index (κ2) is 2.98. The van der Waals surface area contributed by atoms with E-state index in [1.165, 1.54) is 0 Å². The molecule has 0 aromatic heterocycles. The molecule has 0 aromatic carbocycles. The highest BCUT2D eigenvalue weighted by molar-refractivity contribution is 5.19. The van der Waals surface area contributed by atoms with Gasteiger partial charge in [-0.15, -0.1) is 0 Å². The maximum absolute atomic E-state index is 9.74. The third kappa shape index (κ3) is 3.06. The van der Waals surface area contributed by atoms with E-state index >= 15 is 0 Å². The summed E-state index contributed by atoms with van der Waals surface area (Å²) in [6.45, 7) is 12.0. The van der Waals surface area contributed by atoms with Crippen LogP contribution in [0.15, 0.2) is 11.6 Å². The lowest BCUT2D eigenvalue weighted by atomic mass is 9.77. The molecule has 1 heteroatoms. The number of hydrogen-bond donors (Lipinski definition) is 1. The second-order valence-corrected chi connectivity index (χ2v) is 4.51. The summed E-state index contributed by atoms with van der Waals surface area (Å²) in [5.41, 5.74) is 0.463. The molecule has 66 valence electrons. The molecule has 0 fully saturated rings. The monoisotopic (exact) mass is 156 g/mol. The van der Waals surface area contributed by atoms with Crippen LogP contribution in [0.25, 0.3) is 0 Å². The third-order valence-corrected chi connectivity index (χ3v) is 1.76. The van der Waals surface area contributed by atoms with Gasteiger partial charge in [-0.1, -0.05) is 26.8 Å². The zero-order valence-electron chi connectivity index (χ0n) is 8.52. The van der Waals surface area contributed by atoms with Gasteiger partial charge in [-0.25, -0.2) is 0 Å². The van der Waals surface area contributed by atoms with Gasteiger partial charge in [-0.3, -0.25) is 0 Å². The first-order valence-electron chi connectivity index (χ1n) is 4.09. The van der Waals surface area contributed by atoms with Crippen LogP contribution in [0.1, 0.15) is 41.5 Å². The largest absolute Gasteiger partial charge is 0.386 e. The molecule has 0 radical (unpaired) electrons. The van der Waals surface area contributed by atoms with Gasteiger partial charge in [-0.05, 0) is 31.8 Å². The van der Waals surface area contributed by atoms with Crippen LogP contribution < -0.4 is 0 Å². The minimum atomic E-state index is -0.688. The summed E-state index contributed by atoms with van der Waals surface area (Å²) < 4.78 is 0. The smallest absolute Gasteiger partial charge is 0.0805 e. The maximum atomic E-state index is 9.74. The molecule has 0 saturated heterocycles. The fourth-order valence-corrected chi connectivity index (χ4v) is 1.70. The summed E-state index contributed by atoms with van der Waals surface area (Å²) in [6.07, 6.45) is 2.00. The summed E-state index contributed by atoms with van der Waals surface area (Å²) in [5.74, 6) is 0. The van der Waals surface area contributed by atoms with Crippen molar-refractivity contribution in [2.75, 3.05) is 0 Å². The van der Waals surface area contributed by atoms with E-state index in [1.54, 1.807) is 0 Å². The Hall–Kier alpha value is -0.300. The molecule has 0 heterocycles. The predicted molar refractivity (Wildman–Crippen MR) is 49.5 cm³/mol. The van der Waals surface area contributed by atoms with Gasteiger partial charge >= 0.3 is 0 Å². The quantitative estimate of drug-likeness (QED) is 0.579. The first kappa shape index (κ1) is 10.7. The molecule has 0 amide bonds. The fourth-order valence-electron chi connectivity index (χ4n) is 1.70. The summed E-state index contributed by atoms with van der Waals surface area (Å²) in [4.78, 5) is 0. The fraction of sp³-hybridized carbons (Fsp3) is 0.800. The standard InChI is InChI=1S/C10H20O/c1-7-8(9(2,3)4)10(5,6)11/h7,11H,1-6H3/b8-7+. The van der Waals surface area contributed by atoms with Crippen molar-refractivity contribution in [2.45, 2.75) is 47.1 Å². The summed E-state index contributed by atoms with van der Waals surface area (Å²) in [6, 6.07) is 0. The van der Waals surface area contributed by atoms with E-state index < -0.39 is 5.60 Å². The Balaban J connectivity index is 4.74. The zero-order valence-corrected chi connectivity index (χ0v) is 8.52. The topological polar surface area (TPSA) is 20.2 Å². The van der Waals surface area contributed by atoms with E-state index in [2.05, 4.69) is 20.8 Å². The minimum absolute atomic E-state index is 0.0625. The van der Waals surface area contributed by atoms with Gasteiger partial charge in [0, 0.05) is 0 Å². The second-order valence-electron chi connectivity index (χ2n) is 4.51. The number of rotatable bonds is 1. The SMILES string of the molecule is C/C=C(\C(C)(C)C)C(C)(C)O. The highest BCUT2D eigenvalue weighted by atomic mass is 16.3. The lowest BCUT2D eigenvalue weighted by molar-refractivity contribution is 0.0978. The van der Waals surface area contributed by atoms with Crippen LogP contribution in [0.3, 0.4) is 0 Å². The Bertz CT molecular complexity index is 137.